The van der Waals surface area contributed by atoms with Crippen LogP contribution >= 0.6 is 0 Å². The second-order valence-corrected chi connectivity index (χ2v) is 7.76. The number of benzene rings is 2. The highest BCUT2D eigenvalue weighted by atomic mass is 16.5. The van der Waals surface area contributed by atoms with Crippen molar-refractivity contribution in [3.63, 3.8) is 0 Å². The minimum absolute atomic E-state index is 0.0695. The van der Waals surface area contributed by atoms with E-state index in [-0.39, 0.29) is 23.8 Å². The zero-order valence-electron chi connectivity index (χ0n) is 17.6. The molecule has 2 atom stereocenters. The largest absolute Gasteiger partial charge is 0.481 e. The van der Waals surface area contributed by atoms with Gasteiger partial charge in [0.1, 0.15) is 5.75 Å². The Labute approximate surface area is 173 Å². The fourth-order valence-corrected chi connectivity index (χ4v) is 3.81. The van der Waals surface area contributed by atoms with Gasteiger partial charge in [0.05, 0.1) is 6.04 Å². The van der Waals surface area contributed by atoms with Gasteiger partial charge in [0.2, 0.25) is 5.91 Å². The summed E-state index contributed by atoms with van der Waals surface area (Å²) in [5.74, 6) is 0.579. The fraction of sp³-hybridized carbons (Fsp3) is 0.417. The van der Waals surface area contributed by atoms with E-state index in [0.717, 1.165) is 17.5 Å². The van der Waals surface area contributed by atoms with Gasteiger partial charge in [-0.3, -0.25) is 9.59 Å². The molecule has 1 N–H and O–H groups in total. The lowest BCUT2D eigenvalue weighted by atomic mass is 9.87. The highest BCUT2D eigenvalue weighted by Crippen LogP contribution is 2.38. The van der Waals surface area contributed by atoms with Crippen LogP contribution in [0, 0.1) is 5.92 Å². The van der Waals surface area contributed by atoms with E-state index in [4.69, 9.17) is 4.74 Å². The molecule has 2 aromatic rings. The summed E-state index contributed by atoms with van der Waals surface area (Å²) in [4.78, 5) is 27.0. The first kappa shape index (κ1) is 20.9. The number of fused-ring (bicyclic) bond motifs is 1. The molecule has 2 amide bonds. The molecule has 5 nitrogen and oxygen atoms in total. The average molecular weight is 395 g/mol. The topological polar surface area (TPSA) is 58.6 Å². The number of amides is 2. The van der Waals surface area contributed by atoms with Crippen LogP contribution in [0.2, 0.25) is 0 Å². The third-order valence-corrected chi connectivity index (χ3v) is 5.27. The number of rotatable bonds is 6. The van der Waals surface area contributed by atoms with Gasteiger partial charge in [-0.1, -0.05) is 50.2 Å². The SMILES string of the molecule is CCNC(=O)[C@H](C)Oc1ccc2c(c1)[C@H](c1ccccc1)N(C(=O)C(C)C)CC2. The van der Waals surface area contributed by atoms with Crippen molar-refractivity contribution in [2.24, 2.45) is 5.92 Å². The van der Waals surface area contributed by atoms with Gasteiger partial charge in [-0.15, -0.1) is 0 Å². The normalized spacial score (nSPS) is 16.9. The maximum atomic E-state index is 13.0. The van der Waals surface area contributed by atoms with Crippen LogP contribution in [0.4, 0.5) is 0 Å². The van der Waals surface area contributed by atoms with E-state index >= 15 is 0 Å². The van der Waals surface area contributed by atoms with Gasteiger partial charge in [0.15, 0.2) is 6.10 Å². The summed E-state index contributed by atoms with van der Waals surface area (Å²) in [6.07, 6.45) is 0.226. The Bertz CT molecular complexity index is 864. The summed E-state index contributed by atoms with van der Waals surface area (Å²) in [6.45, 7) is 8.76. The van der Waals surface area contributed by atoms with Gasteiger partial charge in [0, 0.05) is 19.0 Å². The van der Waals surface area contributed by atoms with E-state index in [1.807, 2.05) is 56.0 Å². The third-order valence-electron chi connectivity index (χ3n) is 5.27. The lowest BCUT2D eigenvalue weighted by Gasteiger charge is -2.39. The summed E-state index contributed by atoms with van der Waals surface area (Å²) < 4.78 is 5.91. The van der Waals surface area contributed by atoms with Crippen LogP contribution in [0.15, 0.2) is 48.5 Å². The van der Waals surface area contributed by atoms with E-state index in [9.17, 15) is 9.59 Å². The Morgan fingerprint density at radius 3 is 2.52 bits per heavy atom. The van der Waals surface area contributed by atoms with Crippen LogP contribution in [0.3, 0.4) is 0 Å². The molecule has 0 saturated carbocycles. The lowest BCUT2D eigenvalue weighted by molar-refractivity contribution is -0.136. The maximum absolute atomic E-state index is 13.0. The number of nitrogens with zero attached hydrogens (tertiary/aromatic N) is 1. The van der Waals surface area contributed by atoms with E-state index in [1.165, 1.54) is 5.56 Å². The molecule has 2 aromatic carbocycles. The molecule has 0 fully saturated rings. The first-order valence-electron chi connectivity index (χ1n) is 10.3. The molecule has 1 aliphatic heterocycles. The lowest BCUT2D eigenvalue weighted by Crippen LogP contribution is -2.42. The number of carbonyl (C=O) groups is 2. The molecule has 0 unspecified atom stereocenters. The molecule has 154 valence electrons. The first-order chi connectivity index (χ1) is 13.9. The van der Waals surface area contributed by atoms with Crippen molar-refractivity contribution in [2.75, 3.05) is 13.1 Å². The number of likely N-dealkylation sites (N-methyl/N-ethyl adjacent to an activating group) is 1. The highest BCUT2D eigenvalue weighted by Gasteiger charge is 2.33. The van der Waals surface area contributed by atoms with Gasteiger partial charge in [0.25, 0.3) is 5.91 Å². The zero-order chi connectivity index (χ0) is 21.0. The van der Waals surface area contributed by atoms with Crippen molar-refractivity contribution in [3.05, 3.63) is 65.2 Å². The van der Waals surface area contributed by atoms with E-state index in [1.54, 1.807) is 6.92 Å². The van der Waals surface area contributed by atoms with E-state index < -0.39 is 6.10 Å². The van der Waals surface area contributed by atoms with Gasteiger partial charge in [-0.2, -0.15) is 0 Å². The number of hydrogen-bond acceptors (Lipinski definition) is 3. The number of ether oxygens (including phenoxy) is 1. The standard InChI is InChI=1S/C24H30N2O3/c1-5-25-23(27)17(4)29-20-12-11-18-13-14-26(24(28)16(2)3)22(21(18)15-20)19-9-7-6-8-10-19/h6-12,15-17,22H,5,13-14H2,1-4H3,(H,25,27)/t17-,22-/m0/s1. The Morgan fingerprint density at radius 2 is 1.86 bits per heavy atom. The van der Waals surface area contributed by atoms with E-state index in [0.29, 0.717) is 18.8 Å². The molecule has 1 heterocycles. The molecule has 5 heteroatoms. The fourth-order valence-electron chi connectivity index (χ4n) is 3.81. The molecule has 0 saturated heterocycles. The second-order valence-electron chi connectivity index (χ2n) is 7.76. The van der Waals surface area contributed by atoms with Crippen LogP contribution in [0.25, 0.3) is 0 Å². The van der Waals surface area contributed by atoms with Gasteiger partial charge in [-0.25, -0.2) is 0 Å². The number of nitrogens with one attached hydrogen (secondary N) is 1. The smallest absolute Gasteiger partial charge is 0.260 e. The maximum Gasteiger partial charge on any atom is 0.260 e. The van der Waals surface area contributed by atoms with E-state index in [2.05, 4.69) is 23.5 Å². The van der Waals surface area contributed by atoms with Gasteiger partial charge < -0.3 is 15.0 Å². The second kappa shape index (κ2) is 9.12. The Kier molecular flexibility index (Phi) is 6.57. The van der Waals surface area contributed by atoms with Crippen molar-refractivity contribution < 1.29 is 14.3 Å². The molecular weight excluding hydrogens is 364 g/mol. The predicted octanol–water partition coefficient (Wildman–Crippen LogP) is 3.72. The highest BCUT2D eigenvalue weighted by molar-refractivity contribution is 5.81. The van der Waals surface area contributed by atoms with Gasteiger partial charge in [-0.05, 0) is 49.1 Å². The number of carbonyl (C=O) groups excluding carboxylic acids is 2. The summed E-state index contributed by atoms with van der Waals surface area (Å²) in [6, 6.07) is 15.9. The quantitative estimate of drug-likeness (QED) is 0.812. The monoisotopic (exact) mass is 394 g/mol. The van der Waals surface area contributed by atoms with Crippen molar-refractivity contribution in [1.82, 2.24) is 10.2 Å². The van der Waals surface area contributed by atoms with Crippen LogP contribution in [0.1, 0.15) is 50.4 Å². The van der Waals surface area contributed by atoms with Crippen LogP contribution < -0.4 is 10.1 Å². The molecule has 0 spiro atoms. The van der Waals surface area contributed by atoms with Crippen LogP contribution in [-0.2, 0) is 16.0 Å². The van der Waals surface area contributed by atoms with Crippen LogP contribution in [0.5, 0.6) is 5.75 Å². The molecule has 0 aliphatic carbocycles. The Morgan fingerprint density at radius 1 is 1.14 bits per heavy atom. The molecule has 0 radical (unpaired) electrons. The Hall–Kier alpha value is -2.82. The minimum atomic E-state index is -0.583. The first-order valence-corrected chi connectivity index (χ1v) is 10.3. The molecule has 0 aromatic heterocycles. The molecule has 3 rings (SSSR count). The van der Waals surface area contributed by atoms with Crippen molar-refractivity contribution >= 4 is 11.8 Å². The molecule has 0 bridgehead atoms. The van der Waals surface area contributed by atoms with Gasteiger partial charge >= 0.3 is 0 Å². The van der Waals surface area contributed by atoms with Crippen LogP contribution in [-0.4, -0.2) is 35.9 Å². The summed E-state index contributed by atoms with van der Waals surface area (Å²) in [5.41, 5.74) is 3.36. The summed E-state index contributed by atoms with van der Waals surface area (Å²) in [7, 11) is 0. The molecular formula is C24H30N2O3. The summed E-state index contributed by atoms with van der Waals surface area (Å²) in [5, 5.41) is 2.78. The molecule has 29 heavy (non-hydrogen) atoms. The van der Waals surface area contributed by atoms with Crippen molar-refractivity contribution in [3.8, 4) is 5.75 Å². The van der Waals surface area contributed by atoms with Crippen molar-refractivity contribution in [2.45, 2.75) is 46.3 Å². The number of hydrogen-bond donors (Lipinski definition) is 1. The van der Waals surface area contributed by atoms with Crippen molar-refractivity contribution in [1.29, 1.82) is 0 Å². The third kappa shape index (κ3) is 4.61. The summed E-state index contributed by atoms with van der Waals surface area (Å²) >= 11 is 0. The minimum Gasteiger partial charge on any atom is -0.481 e. The zero-order valence-corrected chi connectivity index (χ0v) is 17.6. The molecule has 1 aliphatic rings. The predicted molar refractivity (Wildman–Crippen MR) is 114 cm³/mol. The Balaban J connectivity index is 1.98. The average Bonchev–Trinajstić information content (AvgIpc) is 2.73.